The first kappa shape index (κ1) is 14.0. The van der Waals surface area contributed by atoms with E-state index in [0.29, 0.717) is 0 Å². The number of rotatable bonds is 2. The Balaban J connectivity index is 0. The Morgan fingerprint density at radius 2 is 1.38 bits per heavy atom. The quantitative estimate of drug-likeness (QED) is 0.674. The van der Waals surface area contributed by atoms with Gasteiger partial charge in [0, 0.05) is 0 Å². The molecule has 0 aromatic carbocycles. The first-order valence-electron chi connectivity index (χ1n) is 2.67. The number of aromatic carboxylic acids is 2. The van der Waals surface area contributed by atoms with Crippen molar-refractivity contribution >= 4 is 24.3 Å². The summed E-state index contributed by atoms with van der Waals surface area (Å²) in [7, 11) is 0. The molecule has 0 fully saturated rings. The summed E-state index contributed by atoms with van der Waals surface area (Å²) in [6.45, 7) is 0. The molecule has 74 valence electrons. The minimum atomic E-state index is -1.28. The smallest absolute Gasteiger partial charge is 0.371 e. The van der Waals surface area contributed by atoms with Crippen molar-refractivity contribution in [3.05, 3.63) is 23.7 Å². The van der Waals surface area contributed by atoms with E-state index in [1.807, 2.05) is 0 Å². The van der Waals surface area contributed by atoms with E-state index in [1.165, 1.54) is 0 Å². The highest BCUT2D eigenvalue weighted by atomic mass is 35.5. The summed E-state index contributed by atoms with van der Waals surface area (Å²) >= 11 is 0. The predicted octanol–water partition coefficient (Wildman–Crippen LogP) is 1.26. The number of hydrogen-bond acceptors (Lipinski definition) is 4. The van der Waals surface area contributed by atoms with Crippen molar-refractivity contribution < 1.29 is 24.2 Å². The lowest BCUT2D eigenvalue weighted by molar-refractivity contribution is 0.0632. The van der Waals surface area contributed by atoms with Gasteiger partial charge in [-0.2, -0.15) is 0 Å². The maximum atomic E-state index is 10.2. The van der Waals surface area contributed by atoms with Gasteiger partial charge in [-0.15, -0.1) is 12.4 Å². The van der Waals surface area contributed by atoms with Crippen molar-refractivity contribution in [2.45, 2.75) is 0 Å². The Morgan fingerprint density at radius 3 is 1.54 bits per heavy atom. The third kappa shape index (κ3) is 3.14. The molecule has 0 radical (unpaired) electrons. The Labute approximate surface area is 79.2 Å². The Kier molecular flexibility index (Phi) is 5.58. The molecule has 1 aromatic rings. The second-order valence-corrected chi connectivity index (χ2v) is 1.77. The Morgan fingerprint density at radius 1 is 1.08 bits per heavy atom. The van der Waals surface area contributed by atoms with E-state index in [4.69, 9.17) is 10.2 Å². The summed E-state index contributed by atoms with van der Waals surface area (Å²) in [6.07, 6.45) is 0. The zero-order chi connectivity index (χ0) is 8.43. The van der Waals surface area contributed by atoms with E-state index in [1.54, 1.807) is 0 Å². The molecule has 1 heterocycles. The lowest BCUT2D eigenvalue weighted by Gasteiger charge is -1.84. The van der Waals surface area contributed by atoms with E-state index in [9.17, 15) is 9.59 Å². The third-order valence-corrected chi connectivity index (χ3v) is 1.03. The van der Waals surface area contributed by atoms with Crippen LogP contribution >= 0.6 is 12.4 Å². The molecule has 0 saturated carbocycles. The minimum absolute atomic E-state index is 0. The predicted molar refractivity (Wildman–Crippen MR) is 44.9 cm³/mol. The molecule has 0 aliphatic heterocycles. The van der Waals surface area contributed by atoms with Crippen LogP contribution in [0.15, 0.2) is 16.5 Å². The van der Waals surface area contributed by atoms with Crippen LogP contribution in [-0.4, -0.2) is 22.2 Å². The fourth-order valence-corrected chi connectivity index (χ4v) is 0.568. The monoisotopic (exact) mass is 209 g/mol. The Hall–Kier alpha value is -1.53. The first-order valence-corrected chi connectivity index (χ1v) is 2.67. The van der Waals surface area contributed by atoms with Crippen molar-refractivity contribution in [1.29, 1.82) is 0 Å². The lowest BCUT2D eigenvalue weighted by atomic mass is 10.4. The molecular weight excluding hydrogens is 202 g/mol. The van der Waals surface area contributed by atoms with E-state index in [-0.39, 0.29) is 30.1 Å². The van der Waals surface area contributed by atoms with Crippen molar-refractivity contribution in [2.24, 2.45) is 0 Å². The number of halogens is 1. The SMILES string of the molecule is Cl.N.O=C(O)c1ccc(C(=O)O)o1. The summed E-state index contributed by atoms with van der Waals surface area (Å²) in [5.74, 6) is -3.31. The van der Waals surface area contributed by atoms with E-state index in [0.717, 1.165) is 12.1 Å². The van der Waals surface area contributed by atoms with Gasteiger partial charge in [0.15, 0.2) is 0 Å². The highest BCUT2D eigenvalue weighted by Crippen LogP contribution is 2.06. The first-order chi connectivity index (χ1) is 5.11. The summed E-state index contributed by atoms with van der Waals surface area (Å²) in [4.78, 5) is 20.3. The molecule has 0 amide bonds. The topological polar surface area (TPSA) is 123 Å². The Bertz CT molecular complexity index is 279. The maximum absolute atomic E-state index is 10.2. The van der Waals surface area contributed by atoms with Crippen LogP contribution in [0.25, 0.3) is 0 Å². The molecule has 0 unspecified atom stereocenters. The molecule has 1 rings (SSSR count). The van der Waals surface area contributed by atoms with Crippen LogP contribution in [0, 0.1) is 0 Å². The van der Waals surface area contributed by atoms with Gasteiger partial charge in [-0.05, 0) is 12.1 Å². The zero-order valence-electron chi connectivity index (χ0n) is 6.39. The van der Waals surface area contributed by atoms with E-state index in [2.05, 4.69) is 4.42 Å². The van der Waals surface area contributed by atoms with Gasteiger partial charge in [0.05, 0.1) is 0 Å². The van der Waals surface area contributed by atoms with E-state index >= 15 is 0 Å². The molecule has 7 heteroatoms. The largest absolute Gasteiger partial charge is 0.475 e. The van der Waals surface area contributed by atoms with Gasteiger partial charge in [-0.25, -0.2) is 9.59 Å². The highest BCUT2D eigenvalue weighted by molar-refractivity contribution is 5.88. The molecular formula is C6H8ClNO5. The van der Waals surface area contributed by atoms with Gasteiger partial charge in [0.1, 0.15) is 0 Å². The number of carboxylic acids is 2. The minimum Gasteiger partial charge on any atom is -0.475 e. The summed E-state index contributed by atoms with van der Waals surface area (Å²) in [5, 5.41) is 16.6. The van der Waals surface area contributed by atoms with Crippen molar-refractivity contribution in [1.82, 2.24) is 6.15 Å². The number of furan rings is 1. The standard InChI is InChI=1S/C6H4O5.ClH.H3N/c7-5(8)3-1-2-4(11-3)6(9)10;;/h1-2H,(H,7,8)(H,9,10);1H;1H3. The molecule has 1 aromatic heterocycles. The van der Waals surface area contributed by atoms with Gasteiger partial charge < -0.3 is 20.8 Å². The molecule has 0 atom stereocenters. The normalized spacial score (nSPS) is 8.00. The molecule has 6 nitrogen and oxygen atoms in total. The average molecular weight is 210 g/mol. The molecule has 13 heavy (non-hydrogen) atoms. The van der Waals surface area contributed by atoms with Crippen molar-refractivity contribution in [2.75, 3.05) is 0 Å². The summed E-state index contributed by atoms with van der Waals surface area (Å²) in [5.41, 5.74) is 0. The lowest BCUT2D eigenvalue weighted by Crippen LogP contribution is -1.94. The number of carboxylic acid groups (broad SMARTS) is 2. The van der Waals surface area contributed by atoms with Crippen molar-refractivity contribution in [3.63, 3.8) is 0 Å². The molecule has 0 saturated heterocycles. The van der Waals surface area contributed by atoms with E-state index < -0.39 is 11.9 Å². The molecule has 5 N–H and O–H groups in total. The van der Waals surface area contributed by atoms with Crippen LogP contribution in [0.3, 0.4) is 0 Å². The molecule has 0 spiro atoms. The van der Waals surface area contributed by atoms with Crippen LogP contribution in [0.2, 0.25) is 0 Å². The van der Waals surface area contributed by atoms with Gasteiger partial charge >= 0.3 is 11.9 Å². The van der Waals surface area contributed by atoms with Crippen LogP contribution in [-0.2, 0) is 0 Å². The van der Waals surface area contributed by atoms with Crippen LogP contribution in [0.1, 0.15) is 21.1 Å². The average Bonchev–Trinajstić information content (AvgIpc) is 2.33. The maximum Gasteiger partial charge on any atom is 0.371 e. The summed E-state index contributed by atoms with van der Waals surface area (Å²) < 4.78 is 4.41. The molecule has 0 aliphatic rings. The third-order valence-electron chi connectivity index (χ3n) is 1.03. The zero-order valence-corrected chi connectivity index (χ0v) is 7.21. The second kappa shape index (κ2) is 5.18. The number of carbonyl (C=O) groups is 2. The van der Waals surface area contributed by atoms with Crippen LogP contribution in [0.5, 0.6) is 0 Å². The van der Waals surface area contributed by atoms with Gasteiger partial charge in [-0.3, -0.25) is 0 Å². The van der Waals surface area contributed by atoms with Gasteiger partial charge in [-0.1, -0.05) is 0 Å². The summed E-state index contributed by atoms with van der Waals surface area (Å²) in [6, 6.07) is 2.18. The highest BCUT2D eigenvalue weighted by Gasteiger charge is 2.12. The second-order valence-electron chi connectivity index (χ2n) is 1.77. The fourth-order valence-electron chi connectivity index (χ4n) is 0.568. The van der Waals surface area contributed by atoms with Crippen LogP contribution in [0.4, 0.5) is 0 Å². The van der Waals surface area contributed by atoms with Crippen molar-refractivity contribution in [3.8, 4) is 0 Å². The molecule has 0 bridgehead atoms. The number of hydrogen-bond donors (Lipinski definition) is 3. The van der Waals surface area contributed by atoms with Gasteiger partial charge in [0.2, 0.25) is 11.5 Å². The molecule has 0 aliphatic carbocycles. The fraction of sp³-hybridized carbons (Fsp3) is 0. The van der Waals surface area contributed by atoms with Crippen LogP contribution < -0.4 is 6.15 Å². The van der Waals surface area contributed by atoms with Gasteiger partial charge in [0.25, 0.3) is 0 Å².